The van der Waals surface area contributed by atoms with Crippen molar-refractivity contribution in [1.29, 1.82) is 0 Å². The molecule has 0 amide bonds. The Kier molecular flexibility index (Phi) is 7.54. The topological polar surface area (TPSA) is 17.6 Å². The van der Waals surface area contributed by atoms with Gasteiger partial charge in [0.05, 0.1) is 12.4 Å². The third-order valence-corrected chi connectivity index (χ3v) is 2.46. The van der Waals surface area contributed by atoms with Crippen LogP contribution in [-0.4, -0.2) is 9.13 Å². The van der Waals surface area contributed by atoms with Crippen molar-refractivity contribution in [2.24, 2.45) is 0 Å². The fraction of sp³-hybridized carbons (Fsp3) is 0.167. The number of hydrogen-bond donors (Lipinski definition) is 0. The second kappa shape index (κ2) is 8.05. The van der Waals surface area contributed by atoms with Gasteiger partial charge in [0.25, 0.3) is 0 Å². The molecule has 0 unspecified atom stereocenters. The first kappa shape index (κ1) is 16.9. The maximum Gasteiger partial charge on any atom is 0.248 e. The maximum atomic E-state index is 3.71. The molecule has 0 aliphatic carbocycles. The van der Waals surface area contributed by atoms with Gasteiger partial charge in [0.15, 0.2) is 0 Å². The zero-order chi connectivity index (χ0) is 11.4. The molecule has 18 heavy (non-hydrogen) atoms. The van der Waals surface area contributed by atoms with Crippen LogP contribution in [0.25, 0.3) is 12.4 Å². The summed E-state index contributed by atoms with van der Waals surface area (Å²) in [6.45, 7) is 9.29. The van der Waals surface area contributed by atoms with Gasteiger partial charge in [-0.2, -0.15) is 0 Å². The molecule has 0 fully saturated rings. The number of halogens is 2. The van der Waals surface area contributed by atoms with Crippen LogP contribution in [0.3, 0.4) is 0 Å². The lowest BCUT2D eigenvalue weighted by Gasteiger charge is -1.92. The Balaban J connectivity index is 0.00000144. The van der Waals surface area contributed by atoms with Crippen LogP contribution in [0.1, 0.15) is 0 Å². The number of nitrogens with zero attached hydrogens (tertiary/aromatic N) is 4. The third kappa shape index (κ3) is 4.27. The predicted octanol–water partition coefficient (Wildman–Crippen LogP) is -5.23. The van der Waals surface area contributed by atoms with Crippen molar-refractivity contribution < 1.29 is 43.1 Å². The van der Waals surface area contributed by atoms with E-state index < -0.39 is 0 Å². The molecule has 6 heteroatoms. The molecule has 0 radical (unpaired) electrons. The van der Waals surface area contributed by atoms with Gasteiger partial charge in [-0.25, -0.2) is 18.3 Å². The van der Waals surface area contributed by atoms with Gasteiger partial charge < -0.3 is 34.0 Å². The Labute approximate surface area is 128 Å². The van der Waals surface area contributed by atoms with Crippen molar-refractivity contribution in [3.05, 3.63) is 50.6 Å². The second-order valence-corrected chi connectivity index (χ2v) is 3.56. The number of aryl methyl sites for hydroxylation is 2. The molecule has 0 saturated heterocycles. The van der Waals surface area contributed by atoms with Crippen molar-refractivity contribution in [3.8, 4) is 0 Å². The second-order valence-electron chi connectivity index (χ2n) is 3.56. The number of rotatable bonds is 5. The Morgan fingerprint density at radius 3 is 1.50 bits per heavy atom. The van der Waals surface area contributed by atoms with Crippen LogP contribution in [0.4, 0.5) is 0 Å². The van der Waals surface area contributed by atoms with E-state index in [1.165, 1.54) is 0 Å². The quantitative estimate of drug-likeness (QED) is 0.465. The maximum absolute atomic E-state index is 3.71. The van der Waals surface area contributed by atoms with E-state index in [-0.39, 0.29) is 34.0 Å². The lowest BCUT2D eigenvalue weighted by Crippen LogP contribution is -3.00. The fourth-order valence-corrected chi connectivity index (χ4v) is 1.53. The van der Waals surface area contributed by atoms with Crippen LogP contribution in [0.2, 0.25) is 0 Å². The Morgan fingerprint density at radius 2 is 1.22 bits per heavy atom. The highest BCUT2D eigenvalue weighted by Crippen LogP contribution is 1.85. The number of imidazole rings is 2. The van der Waals surface area contributed by atoms with Crippen LogP contribution < -0.4 is 43.1 Å². The molecule has 0 aromatic carbocycles. The molecule has 0 aliphatic heterocycles. The number of aromatic nitrogens is 4. The van der Waals surface area contributed by atoms with E-state index in [0.717, 1.165) is 13.1 Å². The molecule has 2 rings (SSSR count). The highest BCUT2D eigenvalue weighted by molar-refractivity contribution is 5.13. The molecule has 4 nitrogen and oxygen atoms in total. The van der Waals surface area contributed by atoms with Gasteiger partial charge in [-0.1, -0.05) is 13.2 Å². The normalized spacial score (nSPS) is 9.11. The Bertz CT molecular complexity index is 455. The Morgan fingerprint density at radius 1 is 0.833 bits per heavy atom. The zero-order valence-electron chi connectivity index (χ0n) is 9.99. The first-order valence-electron chi connectivity index (χ1n) is 5.20. The van der Waals surface area contributed by atoms with Gasteiger partial charge in [0.2, 0.25) is 12.7 Å². The molecule has 0 N–H and O–H groups in total. The summed E-state index contributed by atoms with van der Waals surface area (Å²) in [5.41, 5.74) is 0. The average Bonchev–Trinajstić information content (AvgIpc) is 2.95. The molecule has 0 aliphatic rings. The van der Waals surface area contributed by atoms with Crippen molar-refractivity contribution in [3.63, 3.8) is 0 Å². The van der Waals surface area contributed by atoms with Crippen LogP contribution in [-0.2, 0) is 13.1 Å². The molecule has 0 atom stereocenters. The van der Waals surface area contributed by atoms with Gasteiger partial charge >= 0.3 is 0 Å². The minimum Gasteiger partial charge on any atom is -1.00 e. The summed E-state index contributed by atoms with van der Waals surface area (Å²) in [4.78, 5) is 0. The molecule has 0 spiro atoms. The third-order valence-electron chi connectivity index (χ3n) is 2.46. The van der Waals surface area contributed by atoms with E-state index in [1.807, 2.05) is 46.6 Å². The van der Waals surface area contributed by atoms with Crippen molar-refractivity contribution >= 4 is 12.4 Å². The van der Waals surface area contributed by atoms with E-state index in [0.29, 0.717) is 0 Å². The van der Waals surface area contributed by atoms with Crippen LogP contribution in [0.15, 0.2) is 50.6 Å². The van der Waals surface area contributed by atoms with Crippen LogP contribution in [0.5, 0.6) is 0 Å². The molecule has 0 saturated carbocycles. The molecule has 98 valence electrons. The minimum absolute atomic E-state index is 0. The Hall–Kier alpha value is -1.14. The van der Waals surface area contributed by atoms with Crippen molar-refractivity contribution in [2.75, 3.05) is 0 Å². The SMILES string of the molecule is C=Cn1cc[n+](CC[n+]2ccn(C=C)c2)c1.[Br-].[Br-]. The highest BCUT2D eigenvalue weighted by atomic mass is 79.9. The van der Waals surface area contributed by atoms with E-state index in [9.17, 15) is 0 Å². The summed E-state index contributed by atoms with van der Waals surface area (Å²) in [7, 11) is 0. The summed E-state index contributed by atoms with van der Waals surface area (Å²) in [5.74, 6) is 0. The standard InChI is InChI=1S/C12H16N4.2BrH/c1-3-13-5-7-15(11-13)9-10-16-8-6-14(4-2)12-16;;/h3-8,11-12H,1-2,9-10H2;2*1H/q+2;;/p-2. The minimum atomic E-state index is 0. The largest absolute Gasteiger partial charge is 1.00 e. The van der Waals surface area contributed by atoms with E-state index in [2.05, 4.69) is 22.3 Å². The molecular weight excluding hydrogens is 360 g/mol. The zero-order valence-corrected chi connectivity index (χ0v) is 13.2. The molecule has 2 aromatic heterocycles. The molecular formula is C12H16Br2N4. The fourth-order valence-electron chi connectivity index (χ4n) is 1.53. The molecule has 2 aromatic rings. The average molecular weight is 376 g/mol. The van der Waals surface area contributed by atoms with Gasteiger partial charge in [-0.15, -0.1) is 0 Å². The lowest BCUT2D eigenvalue weighted by atomic mass is 10.6. The van der Waals surface area contributed by atoms with Gasteiger partial charge in [-0.3, -0.25) is 0 Å². The van der Waals surface area contributed by atoms with Crippen molar-refractivity contribution in [2.45, 2.75) is 13.1 Å². The molecule has 2 heterocycles. The monoisotopic (exact) mass is 374 g/mol. The lowest BCUT2D eigenvalue weighted by molar-refractivity contribution is -0.777. The first-order valence-corrected chi connectivity index (χ1v) is 5.20. The summed E-state index contributed by atoms with van der Waals surface area (Å²) < 4.78 is 8.11. The van der Waals surface area contributed by atoms with Crippen LogP contribution >= 0.6 is 0 Å². The van der Waals surface area contributed by atoms with Gasteiger partial charge in [0.1, 0.15) is 37.9 Å². The highest BCUT2D eigenvalue weighted by Gasteiger charge is 2.04. The smallest absolute Gasteiger partial charge is 0.248 e. The van der Waals surface area contributed by atoms with Gasteiger partial charge in [-0.05, 0) is 0 Å². The number of hydrogen-bond acceptors (Lipinski definition) is 0. The van der Waals surface area contributed by atoms with E-state index in [1.54, 1.807) is 12.4 Å². The molecule has 0 bridgehead atoms. The summed E-state index contributed by atoms with van der Waals surface area (Å²) >= 11 is 0. The summed E-state index contributed by atoms with van der Waals surface area (Å²) in [5, 5.41) is 0. The van der Waals surface area contributed by atoms with Gasteiger partial charge in [0, 0.05) is 0 Å². The van der Waals surface area contributed by atoms with Crippen LogP contribution in [0, 0.1) is 0 Å². The van der Waals surface area contributed by atoms with E-state index in [4.69, 9.17) is 0 Å². The van der Waals surface area contributed by atoms with Crippen molar-refractivity contribution in [1.82, 2.24) is 9.13 Å². The first-order chi connectivity index (χ1) is 7.81. The predicted molar refractivity (Wildman–Crippen MR) is 62.0 cm³/mol. The summed E-state index contributed by atoms with van der Waals surface area (Å²) in [6, 6.07) is 0. The summed E-state index contributed by atoms with van der Waals surface area (Å²) in [6.07, 6.45) is 15.6. The van der Waals surface area contributed by atoms with E-state index >= 15 is 0 Å².